The first-order valence-electron chi connectivity index (χ1n) is 17.8. The van der Waals surface area contributed by atoms with Crippen LogP contribution in [-0.2, 0) is 16.1 Å². The van der Waals surface area contributed by atoms with Gasteiger partial charge in [0.2, 0.25) is 0 Å². The zero-order valence-corrected chi connectivity index (χ0v) is 28.4. The molecule has 8 rings (SSSR count). The molecule has 3 aromatic rings. The summed E-state index contributed by atoms with van der Waals surface area (Å²) in [6.45, 7) is 4.77. The highest BCUT2D eigenvalue weighted by Crippen LogP contribution is 2.55. The summed E-state index contributed by atoms with van der Waals surface area (Å²) >= 11 is 0. The zero-order chi connectivity index (χ0) is 33.4. The molecule has 4 bridgehead atoms. The second-order valence-corrected chi connectivity index (χ2v) is 15.3. The SMILES string of the molecule is C[C@H]1[C@@H](CN(C)[C@@H](C)[C@H](O)c2ccccc2)O[C@@H](c2ccc(NC(=O)NC34CC5CC(CC(C5)C3)C4)cc2)O[C@H]1c1ccc(CO)cc1. The average molecular weight is 654 g/mol. The lowest BCUT2D eigenvalue weighted by molar-refractivity contribution is -0.276. The number of benzene rings is 3. The Morgan fingerprint density at radius 2 is 1.50 bits per heavy atom. The molecule has 1 heterocycles. The van der Waals surface area contributed by atoms with E-state index < -0.39 is 12.4 Å². The van der Waals surface area contributed by atoms with Crippen LogP contribution in [0, 0.1) is 23.7 Å². The molecule has 2 amide bonds. The molecule has 4 saturated carbocycles. The third kappa shape index (κ3) is 7.05. The third-order valence-electron chi connectivity index (χ3n) is 11.7. The van der Waals surface area contributed by atoms with Gasteiger partial charge in [0.05, 0.1) is 24.9 Å². The van der Waals surface area contributed by atoms with E-state index in [4.69, 9.17) is 9.47 Å². The summed E-state index contributed by atoms with van der Waals surface area (Å²) in [6, 6.07) is 25.2. The van der Waals surface area contributed by atoms with Gasteiger partial charge in [-0.3, -0.25) is 4.90 Å². The van der Waals surface area contributed by atoms with Crippen LogP contribution in [0.25, 0.3) is 0 Å². The zero-order valence-electron chi connectivity index (χ0n) is 28.4. The molecule has 5 fully saturated rings. The molecule has 0 unspecified atom stereocenters. The molecule has 0 aromatic heterocycles. The summed E-state index contributed by atoms with van der Waals surface area (Å²) in [5.74, 6) is 2.32. The highest BCUT2D eigenvalue weighted by atomic mass is 16.7. The standard InChI is InChI=1S/C40H51N3O5/c1-25-35(23-43(3)26(2)36(45)31-7-5-4-6-8-31)47-38(48-37(25)32-11-9-27(24-44)10-12-32)33-13-15-34(16-14-33)41-39(46)42-40-20-28-17-29(21-40)19-30(18-28)22-40/h4-16,25-26,28-30,35-38,44-45H,17-24H2,1-3H3,(H2,41,42,46)/t25-,26-,28?,29?,30?,35+,36-,37+,38+,40?/m0/s1. The largest absolute Gasteiger partial charge is 0.392 e. The molecule has 5 aliphatic rings. The normalized spacial score (nSPS) is 32.2. The van der Waals surface area contributed by atoms with Crippen molar-refractivity contribution in [1.82, 2.24) is 10.2 Å². The molecule has 48 heavy (non-hydrogen) atoms. The highest BCUT2D eigenvalue weighted by Gasteiger charge is 2.51. The smallest absolute Gasteiger partial charge is 0.319 e. The van der Waals surface area contributed by atoms with E-state index in [0.717, 1.165) is 65.0 Å². The first kappa shape index (κ1) is 33.2. The molecule has 1 aliphatic heterocycles. The van der Waals surface area contributed by atoms with Crippen LogP contribution in [0.15, 0.2) is 78.9 Å². The number of nitrogens with zero attached hydrogens (tertiary/aromatic N) is 1. The van der Waals surface area contributed by atoms with E-state index >= 15 is 0 Å². The van der Waals surface area contributed by atoms with Crippen molar-refractivity contribution >= 4 is 11.7 Å². The van der Waals surface area contributed by atoms with E-state index in [1.54, 1.807) is 0 Å². The summed E-state index contributed by atoms with van der Waals surface area (Å²) < 4.78 is 13.3. The summed E-state index contributed by atoms with van der Waals surface area (Å²) in [5, 5.41) is 27.2. The van der Waals surface area contributed by atoms with Crippen LogP contribution in [0.2, 0.25) is 0 Å². The lowest BCUT2D eigenvalue weighted by Gasteiger charge is -2.56. The number of amides is 2. The second-order valence-electron chi connectivity index (χ2n) is 15.3. The van der Waals surface area contributed by atoms with Gasteiger partial charge in [-0.1, -0.05) is 73.7 Å². The molecule has 3 aromatic carbocycles. The molecule has 6 atom stereocenters. The molecular weight excluding hydrogens is 602 g/mol. The second kappa shape index (κ2) is 13.9. The molecule has 0 radical (unpaired) electrons. The van der Waals surface area contributed by atoms with Crippen molar-refractivity contribution in [2.75, 3.05) is 18.9 Å². The van der Waals surface area contributed by atoms with Crippen LogP contribution < -0.4 is 10.6 Å². The van der Waals surface area contributed by atoms with E-state index in [2.05, 4.69) is 22.5 Å². The van der Waals surface area contributed by atoms with Crippen LogP contribution in [-0.4, -0.2) is 52.4 Å². The van der Waals surface area contributed by atoms with Gasteiger partial charge < -0.3 is 30.3 Å². The topological polar surface area (TPSA) is 103 Å². The number of aliphatic hydroxyl groups is 2. The molecule has 8 heteroatoms. The van der Waals surface area contributed by atoms with Crippen molar-refractivity contribution < 1.29 is 24.5 Å². The van der Waals surface area contributed by atoms with E-state index in [9.17, 15) is 15.0 Å². The van der Waals surface area contributed by atoms with E-state index in [1.807, 2.05) is 92.8 Å². The number of anilines is 1. The number of likely N-dealkylation sites (N-methyl/N-ethyl adjacent to an activating group) is 1. The Bertz CT molecular complexity index is 1500. The predicted molar refractivity (Wildman–Crippen MR) is 186 cm³/mol. The summed E-state index contributed by atoms with van der Waals surface area (Å²) in [5.41, 5.74) is 4.33. The summed E-state index contributed by atoms with van der Waals surface area (Å²) in [6.07, 6.45) is 5.69. The van der Waals surface area contributed by atoms with Gasteiger partial charge in [0.25, 0.3) is 0 Å². The molecular formula is C40H51N3O5. The van der Waals surface area contributed by atoms with Gasteiger partial charge >= 0.3 is 6.03 Å². The van der Waals surface area contributed by atoms with E-state index in [0.29, 0.717) is 6.54 Å². The molecule has 1 saturated heterocycles. The molecule has 4 aliphatic carbocycles. The maximum Gasteiger partial charge on any atom is 0.319 e. The van der Waals surface area contributed by atoms with Gasteiger partial charge in [-0.05, 0) is 99.1 Å². The van der Waals surface area contributed by atoms with Crippen molar-refractivity contribution in [3.63, 3.8) is 0 Å². The van der Waals surface area contributed by atoms with Crippen molar-refractivity contribution in [3.05, 3.63) is 101 Å². The van der Waals surface area contributed by atoms with Gasteiger partial charge in [-0.2, -0.15) is 0 Å². The van der Waals surface area contributed by atoms with Gasteiger partial charge in [0.15, 0.2) is 6.29 Å². The van der Waals surface area contributed by atoms with Crippen LogP contribution in [0.5, 0.6) is 0 Å². The first-order valence-corrected chi connectivity index (χ1v) is 17.8. The number of ether oxygens (including phenoxy) is 2. The Balaban J connectivity index is 1.05. The maximum absolute atomic E-state index is 13.2. The molecule has 0 spiro atoms. The lowest BCUT2D eigenvalue weighted by atomic mass is 9.53. The lowest BCUT2D eigenvalue weighted by Crippen LogP contribution is -2.60. The van der Waals surface area contributed by atoms with Gasteiger partial charge in [0.1, 0.15) is 0 Å². The van der Waals surface area contributed by atoms with E-state index in [1.165, 1.54) is 19.3 Å². The number of urea groups is 1. The molecule has 256 valence electrons. The van der Waals surface area contributed by atoms with Crippen molar-refractivity contribution in [3.8, 4) is 0 Å². The maximum atomic E-state index is 13.2. The summed E-state index contributed by atoms with van der Waals surface area (Å²) in [4.78, 5) is 15.4. The fraction of sp³-hybridized carbons (Fsp3) is 0.525. The van der Waals surface area contributed by atoms with Gasteiger partial charge in [0, 0.05) is 35.3 Å². The number of hydrogen-bond donors (Lipinski definition) is 4. The number of hydrogen-bond acceptors (Lipinski definition) is 6. The number of carbonyl (C=O) groups excluding carboxylic acids is 1. The van der Waals surface area contributed by atoms with Gasteiger partial charge in [-0.25, -0.2) is 4.79 Å². The van der Waals surface area contributed by atoms with Gasteiger partial charge in [-0.15, -0.1) is 0 Å². The predicted octanol–water partition coefficient (Wildman–Crippen LogP) is 7.11. The summed E-state index contributed by atoms with van der Waals surface area (Å²) in [7, 11) is 2.03. The number of nitrogens with one attached hydrogen (secondary N) is 2. The molecule has 8 nitrogen and oxygen atoms in total. The van der Waals surface area contributed by atoms with Crippen LogP contribution in [0.4, 0.5) is 10.5 Å². The average Bonchev–Trinajstić information content (AvgIpc) is 3.08. The third-order valence-corrected chi connectivity index (χ3v) is 11.7. The van der Waals surface area contributed by atoms with E-state index in [-0.39, 0.29) is 42.3 Å². The minimum Gasteiger partial charge on any atom is -0.392 e. The van der Waals surface area contributed by atoms with Crippen LogP contribution >= 0.6 is 0 Å². The Morgan fingerprint density at radius 3 is 2.10 bits per heavy atom. The van der Waals surface area contributed by atoms with Crippen molar-refractivity contribution in [2.45, 2.75) is 95.2 Å². The number of aliphatic hydroxyl groups excluding tert-OH is 2. The highest BCUT2D eigenvalue weighted by molar-refractivity contribution is 5.89. The number of carbonyl (C=O) groups is 1. The Kier molecular flexibility index (Phi) is 9.64. The fourth-order valence-electron chi connectivity index (χ4n) is 9.34. The fourth-order valence-corrected chi connectivity index (χ4v) is 9.34. The minimum absolute atomic E-state index is 0.0108. The van der Waals surface area contributed by atoms with Crippen molar-refractivity contribution in [2.24, 2.45) is 23.7 Å². The Labute approximate surface area is 284 Å². The Morgan fingerprint density at radius 1 is 0.896 bits per heavy atom. The van der Waals surface area contributed by atoms with Crippen LogP contribution in [0.1, 0.15) is 93.1 Å². The minimum atomic E-state index is -0.635. The monoisotopic (exact) mass is 653 g/mol. The van der Waals surface area contributed by atoms with Crippen molar-refractivity contribution in [1.29, 1.82) is 0 Å². The van der Waals surface area contributed by atoms with Crippen LogP contribution in [0.3, 0.4) is 0 Å². The molecule has 4 N–H and O–H groups in total. The number of rotatable bonds is 10. The Hall–Kier alpha value is -3.27. The first-order chi connectivity index (χ1) is 23.2. The quantitative estimate of drug-likeness (QED) is 0.186.